The summed E-state index contributed by atoms with van der Waals surface area (Å²) in [4.78, 5) is 0. The molecule has 0 bridgehead atoms. The van der Waals surface area contributed by atoms with Crippen molar-refractivity contribution in [2.45, 2.75) is 12.6 Å². The van der Waals surface area contributed by atoms with Gasteiger partial charge < -0.3 is 0 Å². The normalized spacial score (nSPS) is 11.8. The van der Waals surface area contributed by atoms with E-state index in [-0.39, 0.29) is 6.04 Å². The first kappa shape index (κ1) is 12.6. The summed E-state index contributed by atoms with van der Waals surface area (Å²) in [6, 6.07) is 19.3. The van der Waals surface area contributed by atoms with E-state index >= 15 is 0 Å². The summed E-state index contributed by atoms with van der Waals surface area (Å²) in [5.74, 6) is 0. The summed E-state index contributed by atoms with van der Waals surface area (Å²) in [7, 11) is 0. The number of halogens is 1. The number of benzene rings is 2. The molecule has 0 amide bonds. The average molecular weight is 257 g/mol. The van der Waals surface area contributed by atoms with E-state index in [0.717, 1.165) is 11.1 Å². The highest BCUT2D eigenvalue weighted by Gasteiger charge is 2.09. The molecule has 1 unspecified atom stereocenters. The highest BCUT2D eigenvalue weighted by atomic mass is 35.5. The van der Waals surface area contributed by atoms with Gasteiger partial charge in [0.1, 0.15) is 6.04 Å². The molecule has 1 atom stereocenters. The highest BCUT2D eigenvalue weighted by Crippen LogP contribution is 2.16. The monoisotopic (exact) mass is 256 g/mol. The van der Waals surface area contributed by atoms with Gasteiger partial charge in [-0.15, -0.1) is 0 Å². The van der Waals surface area contributed by atoms with Crippen LogP contribution in [-0.4, -0.2) is 0 Å². The predicted octanol–water partition coefficient (Wildman–Crippen LogP) is 3.69. The Hall–Kier alpha value is -1.82. The maximum absolute atomic E-state index is 9.18. The van der Waals surface area contributed by atoms with Crippen molar-refractivity contribution >= 4 is 11.6 Å². The van der Waals surface area contributed by atoms with Gasteiger partial charge in [0, 0.05) is 11.6 Å². The molecule has 0 heterocycles. The lowest BCUT2D eigenvalue weighted by molar-refractivity contribution is 0.630. The van der Waals surface area contributed by atoms with E-state index in [4.69, 9.17) is 11.6 Å². The second kappa shape index (κ2) is 6.20. The first-order chi connectivity index (χ1) is 8.79. The zero-order valence-corrected chi connectivity index (χ0v) is 10.6. The number of nitrogens with one attached hydrogen (secondary N) is 1. The topological polar surface area (TPSA) is 35.8 Å². The fraction of sp³-hybridized carbons (Fsp3) is 0.133. The summed E-state index contributed by atoms with van der Waals surface area (Å²) < 4.78 is 0. The maximum atomic E-state index is 9.18. The third kappa shape index (κ3) is 3.33. The largest absolute Gasteiger partial charge is 0.294 e. The minimum absolute atomic E-state index is 0.317. The lowest BCUT2D eigenvalue weighted by atomic mass is 10.1. The average Bonchev–Trinajstić information content (AvgIpc) is 2.42. The Kier molecular flexibility index (Phi) is 4.35. The van der Waals surface area contributed by atoms with Crippen LogP contribution in [0.5, 0.6) is 0 Å². The third-order valence-corrected chi connectivity index (χ3v) is 2.94. The van der Waals surface area contributed by atoms with Crippen molar-refractivity contribution in [1.82, 2.24) is 5.32 Å². The molecule has 0 saturated carbocycles. The van der Waals surface area contributed by atoms with Gasteiger partial charge in [-0.1, -0.05) is 54.1 Å². The Morgan fingerprint density at radius 2 is 1.72 bits per heavy atom. The molecule has 2 aromatic carbocycles. The van der Waals surface area contributed by atoms with Gasteiger partial charge in [0.2, 0.25) is 0 Å². The van der Waals surface area contributed by atoms with E-state index in [1.807, 2.05) is 42.5 Å². The zero-order valence-electron chi connectivity index (χ0n) is 9.81. The molecule has 0 fully saturated rings. The van der Waals surface area contributed by atoms with Crippen molar-refractivity contribution in [1.29, 1.82) is 5.26 Å². The molecule has 1 N–H and O–H groups in total. The molecule has 0 radical (unpaired) electrons. The molecule has 2 aromatic rings. The minimum Gasteiger partial charge on any atom is -0.294 e. The first-order valence-electron chi connectivity index (χ1n) is 5.72. The van der Waals surface area contributed by atoms with Gasteiger partial charge >= 0.3 is 0 Å². The van der Waals surface area contributed by atoms with Crippen LogP contribution < -0.4 is 5.32 Å². The molecular formula is C15H13ClN2. The minimum atomic E-state index is -0.317. The SMILES string of the molecule is N#CC(NCc1ccccc1)c1ccc(Cl)cc1. The Labute approximate surface area is 112 Å². The Balaban J connectivity index is 2.02. The van der Waals surface area contributed by atoms with Crippen LogP contribution in [0.2, 0.25) is 5.02 Å². The molecular weight excluding hydrogens is 244 g/mol. The van der Waals surface area contributed by atoms with Crippen LogP contribution in [0, 0.1) is 11.3 Å². The zero-order chi connectivity index (χ0) is 12.8. The molecule has 90 valence electrons. The summed E-state index contributed by atoms with van der Waals surface area (Å²) in [5, 5.41) is 13.1. The van der Waals surface area contributed by atoms with Gasteiger partial charge in [-0.2, -0.15) is 5.26 Å². The van der Waals surface area contributed by atoms with Crippen LogP contribution in [0.25, 0.3) is 0 Å². The van der Waals surface area contributed by atoms with Crippen LogP contribution >= 0.6 is 11.6 Å². The fourth-order valence-electron chi connectivity index (χ4n) is 1.71. The van der Waals surface area contributed by atoms with Crippen molar-refractivity contribution < 1.29 is 0 Å². The Bertz CT molecular complexity index is 529. The van der Waals surface area contributed by atoms with E-state index < -0.39 is 0 Å². The quantitative estimate of drug-likeness (QED) is 0.906. The van der Waals surface area contributed by atoms with Crippen LogP contribution in [0.3, 0.4) is 0 Å². The van der Waals surface area contributed by atoms with Gasteiger partial charge in [0.25, 0.3) is 0 Å². The van der Waals surface area contributed by atoms with Crippen molar-refractivity contribution in [2.24, 2.45) is 0 Å². The number of hydrogen-bond donors (Lipinski definition) is 1. The standard InChI is InChI=1S/C15H13ClN2/c16-14-8-6-13(7-9-14)15(10-17)18-11-12-4-2-1-3-5-12/h1-9,15,18H,11H2. The molecule has 3 heteroatoms. The third-order valence-electron chi connectivity index (χ3n) is 2.69. The second-order valence-corrected chi connectivity index (χ2v) is 4.42. The Morgan fingerprint density at radius 1 is 1.06 bits per heavy atom. The van der Waals surface area contributed by atoms with Crippen molar-refractivity contribution in [3.8, 4) is 6.07 Å². The van der Waals surface area contributed by atoms with E-state index in [1.165, 1.54) is 0 Å². The fourth-order valence-corrected chi connectivity index (χ4v) is 1.84. The first-order valence-corrected chi connectivity index (χ1v) is 6.10. The lowest BCUT2D eigenvalue weighted by Gasteiger charge is -2.12. The van der Waals surface area contributed by atoms with E-state index in [0.29, 0.717) is 11.6 Å². The van der Waals surface area contributed by atoms with Crippen molar-refractivity contribution in [2.75, 3.05) is 0 Å². The summed E-state index contributed by atoms with van der Waals surface area (Å²) >= 11 is 5.83. The number of nitriles is 1. The van der Waals surface area contributed by atoms with Crippen LogP contribution in [0.4, 0.5) is 0 Å². The molecule has 0 saturated heterocycles. The molecule has 18 heavy (non-hydrogen) atoms. The van der Waals surface area contributed by atoms with Gasteiger partial charge in [-0.3, -0.25) is 5.32 Å². The summed E-state index contributed by atoms with van der Waals surface area (Å²) in [6.45, 7) is 0.668. The van der Waals surface area contributed by atoms with Gasteiger partial charge in [-0.05, 0) is 23.3 Å². The molecule has 0 aliphatic rings. The summed E-state index contributed by atoms with van der Waals surface area (Å²) in [6.07, 6.45) is 0. The Morgan fingerprint density at radius 3 is 2.33 bits per heavy atom. The smallest absolute Gasteiger partial charge is 0.121 e. The molecule has 0 aromatic heterocycles. The van der Waals surface area contributed by atoms with E-state index in [2.05, 4.69) is 11.4 Å². The van der Waals surface area contributed by atoms with Crippen molar-refractivity contribution in [3.63, 3.8) is 0 Å². The highest BCUT2D eigenvalue weighted by molar-refractivity contribution is 6.30. The van der Waals surface area contributed by atoms with Gasteiger partial charge in [-0.25, -0.2) is 0 Å². The number of hydrogen-bond acceptors (Lipinski definition) is 2. The molecule has 0 aliphatic carbocycles. The van der Waals surface area contributed by atoms with Crippen molar-refractivity contribution in [3.05, 3.63) is 70.7 Å². The molecule has 0 aliphatic heterocycles. The second-order valence-electron chi connectivity index (χ2n) is 3.98. The molecule has 0 spiro atoms. The maximum Gasteiger partial charge on any atom is 0.121 e. The van der Waals surface area contributed by atoms with Gasteiger partial charge in [0.05, 0.1) is 6.07 Å². The van der Waals surface area contributed by atoms with Crippen LogP contribution in [0.1, 0.15) is 17.2 Å². The number of nitrogens with zero attached hydrogens (tertiary/aromatic N) is 1. The van der Waals surface area contributed by atoms with E-state index in [9.17, 15) is 5.26 Å². The molecule has 2 nitrogen and oxygen atoms in total. The lowest BCUT2D eigenvalue weighted by Crippen LogP contribution is -2.19. The number of rotatable bonds is 4. The van der Waals surface area contributed by atoms with Crippen LogP contribution in [0.15, 0.2) is 54.6 Å². The van der Waals surface area contributed by atoms with Crippen LogP contribution in [-0.2, 0) is 6.54 Å². The van der Waals surface area contributed by atoms with E-state index in [1.54, 1.807) is 12.1 Å². The predicted molar refractivity (Wildman–Crippen MR) is 73.1 cm³/mol. The summed E-state index contributed by atoms with van der Waals surface area (Å²) in [5.41, 5.74) is 2.09. The van der Waals surface area contributed by atoms with Gasteiger partial charge in [0.15, 0.2) is 0 Å². The molecule has 2 rings (SSSR count).